The number of aromatic nitrogens is 2. The van der Waals surface area contributed by atoms with Crippen LogP contribution in [0.15, 0.2) is 150 Å². The lowest BCUT2D eigenvalue weighted by atomic mass is 9.82. The summed E-state index contributed by atoms with van der Waals surface area (Å²) in [5.74, 6) is 1.52. The molecule has 4 aromatic carbocycles. The molecule has 0 radical (unpaired) electrons. The molecule has 5 nitrogen and oxygen atoms in total. The second-order valence-electron chi connectivity index (χ2n) is 12.0. The average molecular weight is 582 g/mol. The van der Waals surface area contributed by atoms with Crippen LogP contribution in [0, 0.1) is 0 Å². The Balaban J connectivity index is 1.24. The van der Waals surface area contributed by atoms with Crippen molar-refractivity contribution in [3.63, 3.8) is 0 Å². The Hall–Kier alpha value is -5.68. The van der Waals surface area contributed by atoms with E-state index in [1.54, 1.807) is 12.4 Å². The maximum Gasteiger partial charge on any atom is 0.160 e. The van der Waals surface area contributed by atoms with Crippen LogP contribution in [0.2, 0.25) is 0 Å². The number of rotatable bonds is 5. The Labute approximate surface area is 263 Å². The van der Waals surface area contributed by atoms with Crippen LogP contribution in [0.1, 0.15) is 47.8 Å². The normalized spacial score (nSPS) is 16.2. The van der Waals surface area contributed by atoms with Gasteiger partial charge in [0.05, 0.1) is 0 Å². The number of aliphatic imine (C=N–C) groups is 2. The summed E-state index contributed by atoms with van der Waals surface area (Å²) in [7, 11) is 0. The van der Waals surface area contributed by atoms with Crippen molar-refractivity contribution < 1.29 is 0 Å². The Morgan fingerprint density at radius 2 is 1.16 bits per heavy atom. The number of fused-ring (bicyclic) bond motifs is 3. The first kappa shape index (κ1) is 26.9. The van der Waals surface area contributed by atoms with E-state index in [1.165, 1.54) is 22.3 Å². The zero-order valence-corrected chi connectivity index (χ0v) is 25.1. The molecule has 45 heavy (non-hydrogen) atoms. The number of amidine groups is 2. The predicted octanol–water partition coefficient (Wildman–Crippen LogP) is 8.61. The van der Waals surface area contributed by atoms with Gasteiger partial charge in [-0.2, -0.15) is 0 Å². The maximum atomic E-state index is 5.26. The molecule has 1 atom stereocenters. The Kier molecular flexibility index (Phi) is 6.45. The van der Waals surface area contributed by atoms with Crippen molar-refractivity contribution in [3.8, 4) is 33.4 Å². The van der Waals surface area contributed by atoms with Crippen LogP contribution in [-0.2, 0) is 5.41 Å². The molecule has 5 heteroatoms. The van der Waals surface area contributed by atoms with Gasteiger partial charge in [-0.3, -0.25) is 9.97 Å². The Bertz CT molecular complexity index is 2080. The number of hydrogen-bond acceptors (Lipinski definition) is 5. The van der Waals surface area contributed by atoms with Crippen LogP contribution < -0.4 is 5.32 Å². The van der Waals surface area contributed by atoms with Crippen molar-refractivity contribution in [3.05, 3.63) is 168 Å². The standard InChI is InChI=1S/C40H31N5/c1-40(2)34-12-4-3-10-32(34)36-33(11-5-13-35(36)40)39-44-37(28-18-14-26(15-19-28)30-8-6-22-41-24-30)43-38(45-39)29-20-16-27(17-21-29)31-9-7-23-42-25-31/h3-25,37H,1-2H3,(H,43,44,45). The highest BCUT2D eigenvalue weighted by molar-refractivity contribution is 6.16. The van der Waals surface area contributed by atoms with Crippen molar-refractivity contribution >= 4 is 11.7 Å². The van der Waals surface area contributed by atoms with E-state index in [2.05, 4.69) is 132 Å². The lowest BCUT2D eigenvalue weighted by Gasteiger charge is -2.25. The third-order valence-electron chi connectivity index (χ3n) is 8.97. The van der Waals surface area contributed by atoms with Crippen molar-refractivity contribution in [1.29, 1.82) is 0 Å². The molecule has 0 spiro atoms. The summed E-state index contributed by atoms with van der Waals surface area (Å²) in [6, 6.07) is 40.4. The smallest absolute Gasteiger partial charge is 0.160 e. The van der Waals surface area contributed by atoms with Gasteiger partial charge in [0.25, 0.3) is 0 Å². The van der Waals surface area contributed by atoms with Gasteiger partial charge >= 0.3 is 0 Å². The van der Waals surface area contributed by atoms with E-state index < -0.39 is 0 Å². The van der Waals surface area contributed by atoms with E-state index >= 15 is 0 Å². The number of pyridine rings is 2. The minimum absolute atomic E-state index is 0.106. The van der Waals surface area contributed by atoms with Crippen molar-refractivity contribution in [2.45, 2.75) is 25.4 Å². The summed E-state index contributed by atoms with van der Waals surface area (Å²) >= 11 is 0. The fraction of sp³-hybridized carbons (Fsp3) is 0.100. The van der Waals surface area contributed by atoms with Crippen LogP contribution in [-0.4, -0.2) is 21.6 Å². The third kappa shape index (κ3) is 4.74. The fourth-order valence-electron chi connectivity index (χ4n) is 6.57. The second kappa shape index (κ2) is 10.8. The van der Waals surface area contributed by atoms with Crippen LogP contribution in [0.3, 0.4) is 0 Å². The van der Waals surface area contributed by atoms with Gasteiger partial charge in [0, 0.05) is 41.3 Å². The molecule has 2 aromatic heterocycles. The fourth-order valence-corrected chi connectivity index (χ4v) is 6.57. The molecule has 2 aliphatic rings. The molecule has 3 heterocycles. The van der Waals surface area contributed by atoms with Crippen LogP contribution in [0.5, 0.6) is 0 Å². The summed E-state index contributed by atoms with van der Waals surface area (Å²) in [6.07, 6.45) is 7.05. The van der Waals surface area contributed by atoms with Gasteiger partial charge in [-0.05, 0) is 62.2 Å². The van der Waals surface area contributed by atoms with Crippen LogP contribution in [0.25, 0.3) is 33.4 Å². The predicted molar refractivity (Wildman–Crippen MR) is 182 cm³/mol. The molecule has 1 N–H and O–H groups in total. The zero-order chi connectivity index (χ0) is 30.4. The first-order valence-electron chi connectivity index (χ1n) is 15.2. The van der Waals surface area contributed by atoms with Crippen LogP contribution in [0.4, 0.5) is 0 Å². The molecule has 216 valence electrons. The SMILES string of the molecule is CC1(C)c2ccccc2-c2c(C3=NC(c4ccc(-c5cccnc5)cc4)NC(c4ccc(-c5cccnc5)cc4)=N3)cccc21. The van der Waals surface area contributed by atoms with E-state index in [-0.39, 0.29) is 11.6 Å². The quantitative estimate of drug-likeness (QED) is 0.222. The molecule has 0 bridgehead atoms. The second-order valence-corrected chi connectivity index (χ2v) is 12.0. The highest BCUT2D eigenvalue weighted by Gasteiger charge is 2.37. The van der Waals surface area contributed by atoms with Gasteiger partial charge in [-0.1, -0.05) is 117 Å². The average Bonchev–Trinajstić information content (AvgIpc) is 3.35. The van der Waals surface area contributed by atoms with E-state index in [0.29, 0.717) is 0 Å². The molecule has 0 saturated carbocycles. The molecule has 6 aromatic rings. The van der Waals surface area contributed by atoms with Gasteiger partial charge in [-0.15, -0.1) is 0 Å². The van der Waals surface area contributed by atoms with Crippen molar-refractivity contribution in [2.75, 3.05) is 0 Å². The van der Waals surface area contributed by atoms with Gasteiger partial charge < -0.3 is 5.32 Å². The number of nitrogens with one attached hydrogen (secondary N) is 1. The highest BCUT2D eigenvalue weighted by Crippen LogP contribution is 2.50. The minimum Gasteiger partial charge on any atom is -0.344 e. The minimum atomic E-state index is -0.311. The lowest BCUT2D eigenvalue weighted by Crippen LogP contribution is -2.33. The van der Waals surface area contributed by atoms with Crippen LogP contribution >= 0.6 is 0 Å². The number of nitrogens with zero attached hydrogens (tertiary/aromatic N) is 4. The van der Waals surface area contributed by atoms with E-state index in [9.17, 15) is 0 Å². The number of benzene rings is 4. The van der Waals surface area contributed by atoms with Gasteiger partial charge in [0.1, 0.15) is 12.0 Å². The molecule has 0 amide bonds. The molecular weight excluding hydrogens is 550 g/mol. The molecule has 1 aliphatic carbocycles. The number of hydrogen-bond donors (Lipinski definition) is 1. The third-order valence-corrected chi connectivity index (χ3v) is 8.97. The van der Waals surface area contributed by atoms with E-state index in [1.807, 2.05) is 24.5 Å². The summed E-state index contributed by atoms with van der Waals surface area (Å²) in [4.78, 5) is 19.0. The summed E-state index contributed by atoms with van der Waals surface area (Å²) in [6.45, 7) is 4.60. The summed E-state index contributed by atoms with van der Waals surface area (Å²) < 4.78 is 0. The molecule has 1 unspecified atom stereocenters. The molecule has 1 aliphatic heterocycles. The van der Waals surface area contributed by atoms with E-state index in [4.69, 9.17) is 9.98 Å². The van der Waals surface area contributed by atoms with Crippen molar-refractivity contribution in [2.24, 2.45) is 9.98 Å². The molecule has 0 saturated heterocycles. The Morgan fingerprint density at radius 1 is 0.556 bits per heavy atom. The molecule has 0 fully saturated rings. The zero-order valence-electron chi connectivity index (χ0n) is 25.1. The first-order valence-corrected chi connectivity index (χ1v) is 15.2. The summed E-state index contributed by atoms with van der Waals surface area (Å²) in [5.41, 5.74) is 12.5. The monoisotopic (exact) mass is 581 g/mol. The topological polar surface area (TPSA) is 62.5 Å². The van der Waals surface area contributed by atoms with Crippen molar-refractivity contribution in [1.82, 2.24) is 15.3 Å². The maximum absolute atomic E-state index is 5.26. The first-order chi connectivity index (χ1) is 22.1. The largest absolute Gasteiger partial charge is 0.344 e. The summed E-state index contributed by atoms with van der Waals surface area (Å²) in [5, 5.41) is 3.65. The van der Waals surface area contributed by atoms with Gasteiger partial charge in [0.15, 0.2) is 5.84 Å². The molecule has 8 rings (SSSR count). The van der Waals surface area contributed by atoms with E-state index in [0.717, 1.165) is 50.6 Å². The Morgan fingerprint density at radius 3 is 1.82 bits per heavy atom. The lowest BCUT2D eigenvalue weighted by molar-refractivity contribution is 0.660. The molecular formula is C40H31N5. The van der Waals surface area contributed by atoms with Gasteiger partial charge in [-0.25, -0.2) is 9.98 Å². The highest BCUT2D eigenvalue weighted by atomic mass is 15.2. The van der Waals surface area contributed by atoms with Gasteiger partial charge in [0.2, 0.25) is 0 Å².